The third kappa shape index (κ3) is 3.34. The molecule has 2 aliphatic heterocycles. The summed E-state index contributed by atoms with van der Waals surface area (Å²) in [5, 5.41) is 12.7. The Balaban J connectivity index is 1.47. The summed E-state index contributed by atoms with van der Waals surface area (Å²) in [5.74, 6) is -1.04. The van der Waals surface area contributed by atoms with Crippen LogP contribution in [0.2, 0.25) is 0 Å². The Labute approximate surface area is 167 Å². The van der Waals surface area contributed by atoms with Crippen LogP contribution in [0.15, 0.2) is 12.7 Å². The minimum Gasteiger partial charge on any atom is -0.481 e. The van der Waals surface area contributed by atoms with E-state index in [0.717, 1.165) is 12.8 Å². The highest BCUT2D eigenvalue weighted by Crippen LogP contribution is 2.44. The van der Waals surface area contributed by atoms with E-state index in [4.69, 9.17) is 14.2 Å². The van der Waals surface area contributed by atoms with Gasteiger partial charge < -0.3 is 24.6 Å². The van der Waals surface area contributed by atoms with Crippen LogP contribution in [0.5, 0.6) is 0 Å². The average Bonchev–Trinajstić information content (AvgIpc) is 3.40. The van der Waals surface area contributed by atoms with E-state index in [1.807, 2.05) is 13.8 Å². The van der Waals surface area contributed by atoms with Crippen molar-refractivity contribution >= 4 is 23.0 Å². The molecule has 10 heteroatoms. The van der Waals surface area contributed by atoms with E-state index in [2.05, 4.69) is 20.3 Å². The Morgan fingerprint density at radius 1 is 1.24 bits per heavy atom. The predicted molar refractivity (Wildman–Crippen MR) is 101 cm³/mol. The van der Waals surface area contributed by atoms with Crippen LogP contribution in [0.1, 0.15) is 52.2 Å². The predicted octanol–water partition coefficient (Wildman–Crippen LogP) is 2.07. The lowest BCUT2D eigenvalue weighted by Crippen LogP contribution is -2.31. The normalized spacial score (nSPS) is 31.4. The molecular weight excluding hydrogens is 378 g/mol. The maximum Gasteiger partial charge on any atom is 0.306 e. The second-order valence-corrected chi connectivity index (χ2v) is 8.40. The van der Waals surface area contributed by atoms with Crippen LogP contribution in [0.4, 0.5) is 5.82 Å². The summed E-state index contributed by atoms with van der Waals surface area (Å²) in [6.07, 6.45) is 5.58. The minimum absolute atomic E-state index is 0.160. The zero-order valence-corrected chi connectivity index (χ0v) is 16.4. The van der Waals surface area contributed by atoms with Gasteiger partial charge in [-0.15, -0.1) is 0 Å². The van der Waals surface area contributed by atoms with Crippen LogP contribution in [0, 0.1) is 0 Å². The molecule has 2 saturated heterocycles. The molecule has 5 rings (SSSR count). The van der Waals surface area contributed by atoms with Crippen LogP contribution in [0.25, 0.3) is 11.2 Å². The van der Waals surface area contributed by atoms with Gasteiger partial charge in [0.2, 0.25) is 0 Å². The first-order chi connectivity index (χ1) is 13.9. The Bertz CT molecular complexity index is 925. The van der Waals surface area contributed by atoms with Gasteiger partial charge in [-0.1, -0.05) is 12.8 Å². The molecule has 0 amide bonds. The van der Waals surface area contributed by atoms with Gasteiger partial charge in [-0.25, -0.2) is 15.0 Å². The molecule has 2 aromatic rings. The van der Waals surface area contributed by atoms with E-state index in [1.165, 1.54) is 19.2 Å². The largest absolute Gasteiger partial charge is 0.481 e. The third-order valence-corrected chi connectivity index (χ3v) is 5.83. The molecule has 1 aliphatic carbocycles. The van der Waals surface area contributed by atoms with Crippen molar-refractivity contribution in [2.75, 3.05) is 5.32 Å². The number of nitrogens with zero attached hydrogens (tertiary/aromatic N) is 4. The highest BCUT2D eigenvalue weighted by Gasteiger charge is 2.56. The second kappa shape index (κ2) is 6.89. The van der Waals surface area contributed by atoms with E-state index in [9.17, 15) is 9.90 Å². The van der Waals surface area contributed by atoms with E-state index >= 15 is 0 Å². The molecule has 3 aliphatic rings. The number of fused-ring (bicyclic) bond motifs is 2. The number of carboxylic acid groups (broad SMARTS) is 1. The van der Waals surface area contributed by atoms with Crippen molar-refractivity contribution in [3.63, 3.8) is 0 Å². The standard InChI is InChI=1S/C19H25N5O5/c1-19(2)28-14-11(7-12(25)26)27-18(15(14)29-19)24-9-22-13-16(20-8-21-17(13)24)23-10-5-3-4-6-10/h8-11,14-15,18H,3-7H2,1-2H3,(H,25,26)(H,20,21,23)/t11-,14?,15+,18-/m1/s1. The first-order valence-electron chi connectivity index (χ1n) is 10.1. The van der Waals surface area contributed by atoms with Crippen molar-refractivity contribution in [1.82, 2.24) is 19.5 Å². The molecule has 1 saturated carbocycles. The molecule has 4 atom stereocenters. The lowest BCUT2D eigenvalue weighted by Gasteiger charge is -2.24. The summed E-state index contributed by atoms with van der Waals surface area (Å²) in [4.78, 5) is 24.6. The summed E-state index contributed by atoms with van der Waals surface area (Å²) in [7, 11) is 0. The number of imidazole rings is 1. The summed E-state index contributed by atoms with van der Waals surface area (Å²) < 4.78 is 19.9. The monoisotopic (exact) mass is 403 g/mol. The summed E-state index contributed by atoms with van der Waals surface area (Å²) in [6.45, 7) is 3.63. The lowest BCUT2D eigenvalue weighted by molar-refractivity contribution is -0.198. The van der Waals surface area contributed by atoms with Gasteiger partial charge in [0.15, 0.2) is 29.0 Å². The quantitative estimate of drug-likeness (QED) is 0.773. The number of hydrogen-bond acceptors (Lipinski definition) is 8. The first kappa shape index (κ1) is 18.7. The number of rotatable bonds is 5. The molecule has 4 heterocycles. The molecule has 0 spiro atoms. The second-order valence-electron chi connectivity index (χ2n) is 8.40. The maximum absolute atomic E-state index is 11.3. The number of ether oxygens (including phenoxy) is 3. The molecule has 29 heavy (non-hydrogen) atoms. The van der Waals surface area contributed by atoms with Crippen LogP contribution < -0.4 is 5.32 Å². The number of nitrogens with one attached hydrogen (secondary N) is 1. The fourth-order valence-electron chi connectivity index (χ4n) is 4.63. The third-order valence-electron chi connectivity index (χ3n) is 5.83. The maximum atomic E-state index is 11.3. The van der Waals surface area contributed by atoms with E-state index in [1.54, 1.807) is 10.9 Å². The number of aromatic nitrogens is 4. The molecule has 10 nitrogen and oxygen atoms in total. The summed E-state index contributed by atoms with van der Waals surface area (Å²) >= 11 is 0. The van der Waals surface area contributed by atoms with E-state index in [-0.39, 0.29) is 6.42 Å². The van der Waals surface area contributed by atoms with Gasteiger partial charge in [0.25, 0.3) is 0 Å². The lowest BCUT2D eigenvalue weighted by atomic mass is 10.1. The Hall–Kier alpha value is -2.30. The van der Waals surface area contributed by atoms with Crippen LogP contribution in [0.3, 0.4) is 0 Å². The van der Waals surface area contributed by atoms with Gasteiger partial charge >= 0.3 is 5.97 Å². The number of hydrogen-bond donors (Lipinski definition) is 2. The fraction of sp³-hybridized carbons (Fsp3) is 0.684. The molecule has 3 fully saturated rings. The molecule has 0 radical (unpaired) electrons. The summed E-state index contributed by atoms with van der Waals surface area (Å²) in [6, 6.07) is 0.401. The number of anilines is 1. The number of carbonyl (C=O) groups is 1. The molecule has 1 unspecified atom stereocenters. The zero-order chi connectivity index (χ0) is 20.2. The van der Waals surface area contributed by atoms with Crippen LogP contribution in [-0.2, 0) is 19.0 Å². The van der Waals surface area contributed by atoms with Crippen molar-refractivity contribution in [3.05, 3.63) is 12.7 Å². The number of carboxylic acids is 1. The molecule has 0 bridgehead atoms. The zero-order valence-electron chi connectivity index (χ0n) is 16.4. The smallest absolute Gasteiger partial charge is 0.306 e. The van der Waals surface area contributed by atoms with Gasteiger partial charge in [-0.3, -0.25) is 9.36 Å². The van der Waals surface area contributed by atoms with Crippen LogP contribution in [-0.4, -0.2) is 60.7 Å². The van der Waals surface area contributed by atoms with Gasteiger partial charge in [0.05, 0.1) is 18.9 Å². The van der Waals surface area contributed by atoms with Gasteiger partial charge in [-0.2, -0.15) is 0 Å². The topological polar surface area (TPSA) is 121 Å². The Morgan fingerprint density at radius 2 is 2.00 bits per heavy atom. The van der Waals surface area contributed by atoms with Crippen molar-refractivity contribution in [3.8, 4) is 0 Å². The SMILES string of the molecule is CC1(C)OC2[C@@H](CC(=O)O)O[C@@H](n3cnc4c(NC5CCCC5)ncnc43)[C@H]2O1. The molecular formula is C19H25N5O5. The number of aliphatic carboxylic acids is 1. The Kier molecular flexibility index (Phi) is 4.45. The Morgan fingerprint density at radius 3 is 2.76 bits per heavy atom. The average molecular weight is 403 g/mol. The molecule has 0 aromatic carbocycles. The molecule has 156 valence electrons. The first-order valence-corrected chi connectivity index (χ1v) is 10.1. The van der Waals surface area contributed by atoms with E-state index in [0.29, 0.717) is 23.0 Å². The molecule has 2 N–H and O–H groups in total. The van der Waals surface area contributed by atoms with Gasteiger partial charge in [0, 0.05) is 6.04 Å². The van der Waals surface area contributed by atoms with Crippen molar-refractivity contribution < 1.29 is 24.1 Å². The van der Waals surface area contributed by atoms with E-state index < -0.39 is 36.3 Å². The van der Waals surface area contributed by atoms with Crippen molar-refractivity contribution in [1.29, 1.82) is 0 Å². The van der Waals surface area contributed by atoms with Crippen LogP contribution >= 0.6 is 0 Å². The van der Waals surface area contributed by atoms with Gasteiger partial charge in [-0.05, 0) is 26.7 Å². The highest BCUT2D eigenvalue weighted by atomic mass is 16.8. The highest BCUT2D eigenvalue weighted by molar-refractivity contribution is 5.82. The van der Waals surface area contributed by atoms with Gasteiger partial charge in [0.1, 0.15) is 18.5 Å². The fourth-order valence-corrected chi connectivity index (χ4v) is 4.63. The minimum atomic E-state index is -0.941. The molecule has 2 aromatic heterocycles. The summed E-state index contributed by atoms with van der Waals surface area (Å²) in [5.41, 5.74) is 1.29. The van der Waals surface area contributed by atoms with Crippen molar-refractivity contribution in [2.24, 2.45) is 0 Å². The van der Waals surface area contributed by atoms with Crippen molar-refractivity contribution in [2.45, 2.75) is 82.3 Å².